The molecule has 0 spiro atoms. The number of ether oxygens (including phenoxy) is 2. The predicted molar refractivity (Wildman–Crippen MR) is 179 cm³/mol. The highest BCUT2D eigenvalue weighted by Crippen LogP contribution is 2.36. The van der Waals surface area contributed by atoms with Crippen molar-refractivity contribution in [2.75, 3.05) is 9.80 Å². The number of phenols is 1. The van der Waals surface area contributed by atoms with Crippen molar-refractivity contribution in [3.63, 3.8) is 0 Å². The molecule has 0 atom stereocenters. The Morgan fingerprint density at radius 1 is 0.500 bits per heavy atom. The molecule has 236 valence electrons. The molecule has 0 unspecified atom stereocenters. The van der Waals surface area contributed by atoms with Crippen LogP contribution in [-0.2, 0) is 15.0 Å². The van der Waals surface area contributed by atoms with Crippen molar-refractivity contribution in [3.05, 3.63) is 150 Å². The first kappa shape index (κ1) is 30.2. The Bertz CT molecular complexity index is 2100. The Balaban J connectivity index is 0.983. The molecule has 0 aliphatic carbocycles. The minimum Gasteiger partial charge on any atom is -0.508 e. The lowest BCUT2D eigenvalue weighted by Gasteiger charge is -2.26. The van der Waals surface area contributed by atoms with Crippen LogP contribution in [0.2, 0.25) is 0 Å². The van der Waals surface area contributed by atoms with Crippen molar-refractivity contribution in [1.82, 2.24) is 0 Å². The molecule has 5 aromatic carbocycles. The highest BCUT2D eigenvalue weighted by molar-refractivity contribution is 6.34. The number of benzene rings is 5. The Hall–Kier alpha value is -6.48. The van der Waals surface area contributed by atoms with E-state index < -0.39 is 11.8 Å². The number of amides is 4. The molecule has 7 rings (SSSR count). The van der Waals surface area contributed by atoms with Crippen LogP contribution in [-0.4, -0.2) is 28.7 Å². The lowest BCUT2D eigenvalue weighted by atomic mass is 9.78. The third-order valence-corrected chi connectivity index (χ3v) is 8.49. The summed E-state index contributed by atoms with van der Waals surface area (Å²) in [5, 5.41) is 9.73. The van der Waals surface area contributed by atoms with Gasteiger partial charge in [-0.15, -0.1) is 0 Å². The quantitative estimate of drug-likeness (QED) is 0.175. The first-order valence-corrected chi connectivity index (χ1v) is 15.1. The van der Waals surface area contributed by atoms with E-state index in [9.17, 15) is 24.3 Å². The molecule has 1 N–H and O–H groups in total. The molecule has 0 bridgehead atoms. The third-order valence-electron chi connectivity index (χ3n) is 8.49. The van der Waals surface area contributed by atoms with Gasteiger partial charge in [-0.05, 0) is 102 Å². The Morgan fingerprint density at radius 3 is 1.35 bits per heavy atom. The first-order valence-electron chi connectivity index (χ1n) is 15.1. The van der Waals surface area contributed by atoms with E-state index in [1.54, 1.807) is 48.5 Å². The number of nitrogens with zero attached hydrogens (tertiary/aromatic N) is 2. The summed E-state index contributed by atoms with van der Waals surface area (Å²) in [5.74, 6) is 0.656. The second kappa shape index (κ2) is 11.7. The number of imide groups is 2. The van der Waals surface area contributed by atoms with Gasteiger partial charge in [0.1, 0.15) is 28.7 Å². The maximum Gasteiger partial charge on any atom is 0.266 e. The monoisotopic (exact) mass is 636 g/mol. The lowest BCUT2D eigenvalue weighted by Crippen LogP contribution is -2.29. The van der Waals surface area contributed by atoms with Crippen molar-refractivity contribution in [2.45, 2.75) is 19.3 Å². The van der Waals surface area contributed by atoms with Crippen molar-refractivity contribution in [1.29, 1.82) is 0 Å². The van der Waals surface area contributed by atoms with E-state index in [4.69, 9.17) is 9.47 Å². The maximum atomic E-state index is 12.8. The Kier molecular flexibility index (Phi) is 7.36. The van der Waals surface area contributed by atoms with Crippen LogP contribution in [0.15, 0.2) is 127 Å². The summed E-state index contributed by atoms with van der Waals surface area (Å²) in [5.41, 5.74) is 3.14. The lowest BCUT2D eigenvalue weighted by molar-refractivity contribution is -0.120. The van der Waals surface area contributed by atoms with Gasteiger partial charge in [0.15, 0.2) is 0 Å². The highest BCUT2D eigenvalue weighted by Gasteiger charge is 2.37. The van der Waals surface area contributed by atoms with Crippen LogP contribution in [0.4, 0.5) is 11.4 Å². The van der Waals surface area contributed by atoms with E-state index in [1.807, 2.05) is 48.5 Å². The molecule has 2 aliphatic rings. The number of carbonyl (C=O) groups is 4. The fourth-order valence-electron chi connectivity index (χ4n) is 5.76. The summed E-state index contributed by atoms with van der Waals surface area (Å²) < 4.78 is 12.0. The van der Waals surface area contributed by atoms with Gasteiger partial charge in [-0.3, -0.25) is 19.2 Å². The molecule has 0 saturated heterocycles. The molecule has 5 aromatic rings. The second-order valence-corrected chi connectivity index (χ2v) is 11.9. The van der Waals surface area contributed by atoms with Gasteiger partial charge in [0.05, 0.1) is 22.5 Å². The van der Waals surface area contributed by atoms with E-state index in [0.29, 0.717) is 34.4 Å². The molecule has 0 fully saturated rings. The molecular weight excluding hydrogens is 608 g/mol. The van der Waals surface area contributed by atoms with Crippen LogP contribution in [0.25, 0.3) is 0 Å². The third kappa shape index (κ3) is 5.47. The SMILES string of the molecule is CC(C)(c1ccc(Oc2ccc(N3C(=O)C=CC3=O)cc2)cc1)c1ccc(Oc2ccc(N3C(=O)c4ccc(O)cc4C3=O)cc2)cc1. The van der Waals surface area contributed by atoms with Crippen LogP contribution < -0.4 is 19.3 Å². The van der Waals surface area contributed by atoms with Crippen molar-refractivity contribution < 1.29 is 33.8 Å². The highest BCUT2D eigenvalue weighted by atomic mass is 16.5. The van der Waals surface area contributed by atoms with Crippen LogP contribution in [0.5, 0.6) is 28.7 Å². The normalized spacial score (nSPS) is 14.1. The van der Waals surface area contributed by atoms with Gasteiger partial charge in [0, 0.05) is 17.6 Å². The average Bonchev–Trinajstić information content (AvgIpc) is 3.55. The van der Waals surface area contributed by atoms with Gasteiger partial charge >= 0.3 is 0 Å². The van der Waals surface area contributed by atoms with Gasteiger partial charge in [-0.1, -0.05) is 38.1 Å². The number of aromatic hydroxyl groups is 1. The van der Waals surface area contributed by atoms with Gasteiger partial charge in [0.2, 0.25) is 0 Å². The molecule has 0 saturated carbocycles. The number of rotatable bonds is 8. The fourth-order valence-corrected chi connectivity index (χ4v) is 5.76. The Labute approximate surface area is 275 Å². The number of hydrogen-bond donors (Lipinski definition) is 1. The summed E-state index contributed by atoms with van der Waals surface area (Å²) in [6.45, 7) is 4.26. The largest absolute Gasteiger partial charge is 0.508 e. The molecule has 9 heteroatoms. The maximum absolute atomic E-state index is 12.8. The summed E-state index contributed by atoms with van der Waals surface area (Å²) in [4.78, 5) is 51.7. The molecule has 48 heavy (non-hydrogen) atoms. The van der Waals surface area contributed by atoms with Crippen molar-refractivity contribution in [2.24, 2.45) is 0 Å². The van der Waals surface area contributed by atoms with E-state index in [1.165, 1.54) is 30.4 Å². The predicted octanol–water partition coefficient (Wildman–Crippen LogP) is 7.53. The molecule has 4 amide bonds. The van der Waals surface area contributed by atoms with Gasteiger partial charge < -0.3 is 14.6 Å². The van der Waals surface area contributed by atoms with Crippen molar-refractivity contribution >= 4 is 35.0 Å². The number of hydrogen-bond acceptors (Lipinski definition) is 7. The first-order chi connectivity index (χ1) is 23.1. The molecule has 9 nitrogen and oxygen atoms in total. The van der Waals surface area contributed by atoms with Gasteiger partial charge in [0.25, 0.3) is 23.6 Å². The molecule has 2 heterocycles. The summed E-state index contributed by atoms with van der Waals surface area (Å²) in [7, 11) is 0. The number of phenolic OH excluding ortho intramolecular Hbond substituents is 1. The molecule has 0 radical (unpaired) electrons. The van der Waals surface area contributed by atoms with Crippen molar-refractivity contribution in [3.8, 4) is 28.7 Å². The van der Waals surface area contributed by atoms with E-state index in [2.05, 4.69) is 13.8 Å². The zero-order valence-corrected chi connectivity index (χ0v) is 25.9. The van der Waals surface area contributed by atoms with E-state index in [0.717, 1.165) is 20.9 Å². The van der Waals surface area contributed by atoms with E-state index >= 15 is 0 Å². The van der Waals surface area contributed by atoms with E-state index in [-0.39, 0.29) is 34.1 Å². The van der Waals surface area contributed by atoms with Crippen LogP contribution >= 0.6 is 0 Å². The Morgan fingerprint density at radius 2 is 0.896 bits per heavy atom. The summed E-state index contributed by atoms with van der Waals surface area (Å²) >= 11 is 0. The average molecular weight is 637 g/mol. The zero-order valence-electron chi connectivity index (χ0n) is 25.9. The second-order valence-electron chi connectivity index (χ2n) is 11.9. The van der Waals surface area contributed by atoms with Crippen LogP contribution in [0.3, 0.4) is 0 Å². The molecule has 2 aliphatic heterocycles. The summed E-state index contributed by atoms with van der Waals surface area (Å²) in [6, 6.07) is 33.2. The molecular formula is C39H28N2O7. The fraction of sp³-hybridized carbons (Fsp3) is 0.0769. The van der Waals surface area contributed by atoms with Crippen LogP contribution in [0, 0.1) is 0 Å². The number of anilines is 2. The topological polar surface area (TPSA) is 113 Å². The minimum absolute atomic E-state index is 0.0745. The smallest absolute Gasteiger partial charge is 0.266 e. The minimum atomic E-state index is -0.486. The zero-order chi connectivity index (χ0) is 33.6. The molecule has 0 aromatic heterocycles. The van der Waals surface area contributed by atoms with Crippen LogP contribution in [0.1, 0.15) is 45.7 Å². The number of fused-ring (bicyclic) bond motifs is 1. The van der Waals surface area contributed by atoms with Gasteiger partial charge in [-0.2, -0.15) is 0 Å². The van der Waals surface area contributed by atoms with Gasteiger partial charge in [-0.25, -0.2) is 9.80 Å². The number of carbonyl (C=O) groups excluding carboxylic acids is 4. The summed E-state index contributed by atoms with van der Waals surface area (Å²) in [6.07, 6.45) is 2.50. The standard InChI is InChI=1S/C39H28N2O7/c1-39(2,24-3-12-29(13-4-24)47-31-16-7-26(8-17-31)40-35(43)21-22-36(40)44)25-5-14-30(15-6-25)48-32-18-9-27(10-19-32)41-37(45)33-20-11-28(42)23-34(33)38(41)46/h3-23,42H,1-2H3.